The van der Waals surface area contributed by atoms with Crippen LogP contribution >= 0.6 is 31.9 Å². The van der Waals surface area contributed by atoms with Gasteiger partial charge in [-0.3, -0.25) is 0 Å². The predicted molar refractivity (Wildman–Crippen MR) is 94.0 cm³/mol. The molecule has 0 bridgehead atoms. The van der Waals surface area contributed by atoms with Crippen molar-refractivity contribution in [2.45, 2.75) is 30.3 Å². The van der Waals surface area contributed by atoms with Crippen LogP contribution in [0.3, 0.4) is 0 Å². The second-order valence-corrected chi connectivity index (χ2v) is 9.11. The Bertz CT molecular complexity index is 862. The third-order valence-electron chi connectivity index (χ3n) is 3.77. The molecule has 0 unspecified atom stereocenters. The maximum Gasteiger partial charge on any atom is 0.245 e. The summed E-state index contributed by atoms with van der Waals surface area (Å²) >= 11 is 6.24. The normalized spacial score (nSPS) is 15.0. The molecule has 8 heteroatoms. The van der Waals surface area contributed by atoms with E-state index in [0.29, 0.717) is 5.56 Å². The lowest BCUT2D eigenvalue weighted by molar-refractivity contribution is 0.391. The Balaban J connectivity index is 2.04. The van der Waals surface area contributed by atoms with Crippen molar-refractivity contribution in [1.82, 2.24) is 4.31 Å². The van der Waals surface area contributed by atoms with Crippen LogP contribution in [0.2, 0.25) is 0 Å². The highest BCUT2D eigenvalue weighted by Gasteiger charge is 2.40. The summed E-state index contributed by atoms with van der Waals surface area (Å²) in [5.74, 6) is -1.00. The van der Waals surface area contributed by atoms with Gasteiger partial charge in [-0.2, -0.15) is 4.31 Å². The summed E-state index contributed by atoms with van der Waals surface area (Å²) in [5.41, 5.74) is 0.308. The van der Waals surface area contributed by atoms with Gasteiger partial charge in [0.2, 0.25) is 10.0 Å². The molecule has 0 aliphatic heterocycles. The molecule has 0 radical (unpaired) electrons. The van der Waals surface area contributed by atoms with E-state index < -0.39 is 21.7 Å². The summed E-state index contributed by atoms with van der Waals surface area (Å²) < 4.78 is 55.2. The fourth-order valence-corrected chi connectivity index (χ4v) is 6.58. The lowest BCUT2D eigenvalue weighted by atomic mass is 10.2. The summed E-state index contributed by atoms with van der Waals surface area (Å²) in [6.07, 6.45) is 1.45. The van der Waals surface area contributed by atoms with E-state index in [2.05, 4.69) is 31.9 Å². The molecule has 0 N–H and O–H groups in total. The zero-order valence-electron chi connectivity index (χ0n) is 12.3. The van der Waals surface area contributed by atoms with Gasteiger partial charge in [-0.15, -0.1) is 0 Å². The minimum atomic E-state index is -3.92. The molecule has 1 fully saturated rings. The largest absolute Gasteiger partial charge is 0.245 e. The Labute approximate surface area is 156 Å². The van der Waals surface area contributed by atoms with Crippen molar-refractivity contribution in [3.8, 4) is 0 Å². The smallest absolute Gasteiger partial charge is 0.207 e. The van der Waals surface area contributed by atoms with E-state index in [0.717, 1.165) is 25.0 Å². The molecule has 128 valence electrons. The van der Waals surface area contributed by atoms with Crippen LogP contribution in [0, 0.1) is 11.6 Å². The Morgan fingerprint density at radius 3 is 2.21 bits per heavy atom. The Morgan fingerprint density at radius 1 is 1.08 bits per heavy atom. The lowest BCUT2D eigenvalue weighted by Gasteiger charge is -2.23. The second kappa shape index (κ2) is 6.82. The van der Waals surface area contributed by atoms with Crippen molar-refractivity contribution in [2.24, 2.45) is 0 Å². The first-order valence-electron chi connectivity index (χ1n) is 7.20. The van der Waals surface area contributed by atoms with Gasteiger partial charge in [0.25, 0.3) is 0 Å². The van der Waals surface area contributed by atoms with Crippen molar-refractivity contribution in [3.63, 3.8) is 0 Å². The Kier molecular flexibility index (Phi) is 5.11. The van der Waals surface area contributed by atoms with Gasteiger partial charge < -0.3 is 0 Å². The molecular weight excluding hydrogens is 468 g/mol. The van der Waals surface area contributed by atoms with Gasteiger partial charge >= 0.3 is 0 Å². The summed E-state index contributed by atoms with van der Waals surface area (Å²) in [6, 6.07) is 8.13. The van der Waals surface area contributed by atoms with Crippen LogP contribution in [0.5, 0.6) is 0 Å². The van der Waals surface area contributed by atoms with Crippen LogP contribution in [-0.4, -0.2) is 18.8 Å². The van der Waals surface area contributed by atoms with E-state index in [1.165, 1.54) is 10.4 Å². The highest BCUT2D eigenvalue weighted by atomic mass is 79.9. The van der Waals surface area contributed by atoms with E-state index in [1.54, 1.807) is 18.2 Å². The summed E-state index contributed by atoms with van der Waals surface area (Å²) in [7, 11) is -3.92. The van der Waals surface area contributed by atoms with Crippen molar-refractivity contribution >= 4 is 41.9 Å². The highest BCUT2D eigenvalue weighted by molar-refractivity contribution is 9.11. The van der Waals surface area contributed by atoms with Crippen molar-refractivity contribution < 1.29 is 17.2 Å². The fraction of sp³-hybridized carbons (Fsp3) is 0.250. The van der Waals surface area contributed by atoms with Gasteiger partial charge in [0.15, 0.2) is 0 Å². The number of sulfonamides is 1. The quantitative estimate of drug-likeness (QED) is 0.613. The zero-order chi connectivity index (χ0) is 17.5. The van der Waals surface area contributed by atoms with Gasteiger partial charge in [0, 0.05) is 27.1 Å². The molecule has 0 saturated heterocycles. The topological polar surface area (TPSA) is 37.4 Å². The van der Waals surface area contributed by atoms with Crippen LogP contribution in [-0.2, 0) is 16.6 Å². The average molecular weight is 481 g/mol. The molecular formula is C16H13Br2F2NO2S. The van der Waals surface area contributed by atoms with Gasteiger partial charge in [-0.05, 0) is 62.9 Å². The van der Waals surface area contributed by atoms with Crippen LogP contribution in [0.1, 0.15) is 18.4 Å². The third kappa shape index (κ3) is 3.56. The molecule has 2 aromatic rings. The molecule has 1 aliphatic carbocycles. The second-order valence-electron chi connectivity index (χ2n) is 5.57. The van der Waals surface area contributed by atoms with Crippen LogP contribution < -0.4 is 0 Å². The first-order chi connectivity index (χ1) is 11.3. The molecule has 3 rings (SSSR count). The molecule has 0 spiro atoms. The minimum Gasteiger partial charge on any atom is -0.207 e. The molecule has 0 amide bonds. The van der Waals surface area contributed by atoms with Crippen LogP contribution in [0.4, 0.5) is 8.78 Å². The van der Waals surface area contributed by atoms with Gasteiger partial charge in [0.05, 0.1) is 0 Å². The minimum absolute atomic E-state index is 0.0489. The average Bonchev–Trinajstić information content (AvgIpc) is 3.29. The molecule has 0 heterocycles. The number of rotatable bonds is 5. The number of benzene rings is 2. The maximum absolute atomic E-state index is 13.9. The first-order valence-corrected chi connectivity index (χ1v) is 10.2. The molecule has 24 heavy (non-hydrogen) atoms. The van der Waals surface area contributed by atoms with Crippen molar-refractivity contribution in [1.29, 1.82) is 0 Å². The zero-order valence-corrected chi connectivity index (χ0v) is 16.3. The summed E-state index contributed by atoms with van der Waals surface area (Å²) in [4.78, 5) is -0.0489. The van der Waals surface area contributed by atoms with E-state index in [9.17, 15) is 17.2 Å². The third-order valence-corrected chi connectivity index (χ3v) is 7.54. The predicted octanol–water partition coefficient (Wildman–Crippen LogP) is 4.84. The molecule has 1 saturated carbocycles. The van der Waals surface area contributed by atoms with E-state index in [4.69, 9.17) is 0 Å². The Hall–Kier alpha value is -0.830. The molecule has 0 aromatic heterocycles. The van der Waals surface area contributed by atoms with Crippen molar-refractivity contribution in [2.75, 3.05) is 0 Å². The Morgan fingerprint density at radius 2 is 1.67 bits per heavy atom. The van der Waals surface area contributed by atoms with Crippen LogP contribution in [0.25, 0.3) is 0 Å². The fourth-order valence-electron chi connectivity index (χ4n) is 2.46. The maximum atomic E-state index is 13.9. The van der Waals surface area contributed by atoms with Crippen molar-refractivity contribution in [3.05, 3.63) is 62.5 Å². The molecule has 2 aromatic carbocycles. The van der Waals surface area contributed by atoms with E-state index in [1.807, 2.05) is 0 Å². The first kappa shape index (κ1) is 18.0. The number of nitrogens with zero attached hydrogens (tertiary/aromatic N) is 1. The number of hydrogen-bond donors (Lipinski definition) is 0. The lowest BCUT2D eigenvalue weighted by Crippen LogP contribution is -2.33. The number of hydrogen-bond acceptors (Lipinski definition) is 2. The summed E-state index contributed by atoms with van der Waals surface area (Å²) in [5, 5.41) is 0. The van der Waals surface area contributed by atoms with Gasteiger partial charge in [-0.1, -0.05) is 18.2 Å². The highest BCUT2D eigenvalue weighted by Crippen LogP contribution is 2.39. The number of halogens is 4. The van der Waals surface area contributed by atoms with Gasteiger partial charge in [-0.25, -0.2) is 17.2 Å². The van der Waals surface area contributed by atoms with Crippen LogP contribution in [0.15, 0.2) is 50.2 Å². The SMILES string of the molecule is O=S(=O)(c1c(Br)cc(F)cc1Br)N(Cc1ccccc1F)C1CC1. The van der Waals surface area contributed by atoms with Gasteiger partial charge in [0.1, 0.15) is 16.5 Å². The monoisotopic (exact) mass is 479 g/mol. The molecule has 1 aliphatic rings. The van der Waals surface area contributed by atoms with E-state index in [-0.39, 0.29) is 26.4 Å². The van der Waals surface area contributed by atoms with E-state index >= 15 is 0 Å². The molecule has 3 nitrogen and oxygen atoms in total. The molecule has 0 atom stereocenters. The standard InChI is InChI=1S/C16H13Br2F2NO2S/c17-13-7-11(19)8-14(18)16(13)24(22,23)21(12-5-6-12)9-10-3-1-2-4-15(10)20/h1-4,7-8,12H,5-6,9H2. The summed E-state index contributed by atoms with van der Waals surface area (Å²) in [6.45, 7) is -0.0596.